The predicted molar refractivity (Wildman–Crippen MR) is 134 cm³/mol. The van der Waals surface area contributed by atoms with Gasteiger partial charge in [-0.2, -0.15) is 5.10 Å². The molecule has 0 fully saturated rings. The van der Waals surface area contributed by atoms with E-state index in [1.54, 1.807) is 27.7 Å². The Kier molecular flexibility index (Phi) is 6.27. The number of benzene rings is 2. The lowest BCUT2D eigenvalue weighted by Gasteiger charge is -2.23. The molecule has 1 aliphatic heterocycles. The molecule has 180 valence electrons. The van der Waals surface area contributed by atoms with Crippen LogP contribution in [-0.2, 0) is 6.54 Å². The summed E-state index contributed by atoms with van der Waals surface area (Å²) in [5.41, 5.74) is 4.06. The van der Waals surface area contributed by atoms with Gasteiger partial charge >= 0.3 is 0 Å². The first-order chi connectivity index (χ1) is 17.1. The summed E-state index contributed by atoms with van der Waals surface area (Å²) in [6.07, 6.45) is 9.79. The first-order valence-corrected chi connectivity index (χ1v) is 11.6. The van der Waals surface area contributed by atoms with E-state index in [0.29, 0.717) is 5.82 Å². The highest BCUT2D eigenvalue weighted by molar-refractivity contribution is 5.69. The average Bonchev–Trinajstić information content (AvgIpc) is 3.52. The lowest BCUT2D eigenvalue weighted by Crippen LogP contribution is -2.18. The highest BCUT2D eigenvalue weighted by Gasteiger charge is 2.26. The third-order valence-electron chi connectivity index (χ3n) is 6.32. The van der Waals surface area contributed by atoms with Gasteiger partial charge in [0.25, 0.3) is 0 Å². The number of imidazole rings is 1. The Bertz CT molecular complexity index is 1370. The highest BCUT2D eigenvalue weighted by Crippen LogP contribution is 2.37. The van der Waals surface area contributed by atoms with Gasteiger partial charge < -0.3 is 18.8 Å². The van der Waals surface area contributed by atoms with E-state index in [2.05, 4.69) is 11.1 Å². The van der Waals surface area contributed by atoms with Crippen molar-refractivity contribution < 1.29 is 14.2 Å². The molecule has 0 unspecified atom stereocenters. The van der Waals surface area contributed by atoms with E-state index < -0.39 is 0 Å². The van der Waals surface area contributed by atoms with E-state index >= 15 is 0 Å². The molecular formula is C27H29N5O3. The van der Waals surface area contributed by atoms with E-state index in [1.165, 1.54) is 0 Å². The fraction of sp³-hybridized carbons (Fsp3) is 0.296. The maximum absolute atomic E-state index is 5.63. The molecular weight excluding hydrogens is 442 g/mol. The van der Waals surface area contributed by atoms with E-state index in [9.17, 15) is 0 Å². The summed E-state index contributed by atoms with van der Waals surface area (Å²) in [5, 5.41) is 4.75. The summed E-state index contributed by atoms with van der Waals surface area (Å²) >= 11 is 0. The SMILES string of the molecule is COc1ccc([C@H]2CCCn3nc(C=Cc4ccc(-n5cnc(C)c5)c(OC)c4)nc32)cc1OC. The van der Waals surface area contributed by atoms with Gasteiger partial charge in [0.2, 0.25) is 0 Å². The van der Waals surface area contributed by atoms with Gasteiger partial charge in [0.15, 0.2) is 17.3 Å². The van der Waals surface area contributed by atoms with Crippen molar-refractivity contribution in [2.24, 2.45) is 0 Å². The summed E-state index contributed by atoms with van der Waals surface area (Å²) in [5.74, 6) is 4.06. The van der Waals surface area contributed by atoms with Crippen LogP contribution in [0, 0.1) is 6.92 Å². The molecule has 1 atom stereocenters. The second-order valence-corrected chi connectivity index (χ2v) is 8.55. The Morgan fingerprint density at radius 2 is 1.77 bits per heavy atom. The number of nitrogens with zero attached hydrogens (tertiary/aromatic N) is 5. The third kappa shape index (κ3) is 4.51. The molecule has 0 saturated heterocycles. The normalized spacial score (nSPS) is 15.3. The number of rotatable bonds is 7. The van der Waals surface area contributed by atoms with Crippen LogP contribution < -0.4 is 14.2 Å². The monoisotopic (exact) mass is 471 g/mol. The van der Waals surface area contributed by atoms with Gasteiger partial charge in [-0.1, -0.05) is 18.2 Å². The van der Waals surface area contributed by atoms with E-state index in [1.807, 2.05) is 64.9 Å². The Labute approximate surface area is 204 Å². The smallest absolute Gasteiger partial charge is 0.174 e. The lowest BCUT2D eigenvalue weighted by atomic mass is 9.91. The topological polar surface area (TPSA) is 76.2 Å². The van der Waals surface area contributed by atoms with Crippen molar-refractivity contribution in [3.05, 3.63) is 77.4 Å². The largest absolute Gasteiger partial charge is 0.495 e. The summed E-state index contributed by atoms with van der Waals surface area (Å²) < 4.78 is 20.5. The molecule has 3 heterocycles. The van der Waals surface area contributed by atoms with Crippen molar-refractivity contribution >= 4 is 12.2 Å². The minimum absolute atomic E-state index is 0.163. The number of hydrogen-bond donors (Lipinski definition) is 0. The van der Waals surface area contributed by atoms with Gasteiger partial charge in [-0.25, -0.2) is 14.6 Å². The first kappa shape index (κ1) is 22.7. The van der Waals surface area contributed by atoms with Gasteiger partial charge in [-0.3, -0.25) is 0 Å². The molecule has 5 rings (SSSR count). The van der Waals surface area contributed by atoms with Gasteiger partial charge in [0.05, 0.1) is 39.0 Å². The summed E-state index contributed by atoms with van der Waals surface area (Å²) in [6.45, 7) is 2.83. The van der Waals surface area contributed by atoms with Crippen LogP contribution in [0.5, 0.6) is 17.2 Å². The molecule has 0 amide bonds. The molecule has 8 heteroatoms. The maximum Gasteiger partial charge on any atom is 0.174 e. The van der Waals surface area contributed by atoms with Crippen LogP contribution in [0.1, 0.15) is 47.2 Å². The van der Waals surface area contributed by atoms with E-state index in [4.69, 9.17) is 24.3 Å². The van der Waals surface area contributed by atoms with Crippen molar-refractivity contribution in [3.63, 3.8) is 0 Å². The zero-order valence-corrected chi connectivity index (χ0v) is 20.4. The fourth-order valence-corrected chi connectivity index (χ4v) is 4.56. The van der Waals surface area contributed by atoms with Gasteiger partial charge in [-0.15, -0.1) is 0 Å². The zero-order valence-electron chi connectivity index (χ0n) is 20.4. The Morgan fingerprint density at radius 3 is 2.51 bits per heavy atom. The van der Waals surface area contributed by atoms with Crippen LogP contribution >= 0.6 is 0 Å². The molecule has 0 radical (unpaired) electrons. The minimum Gasteiger partial charge on any atom is -0.495 e. The van der Waals surface area contributed by atoms with Crippen LogP contribution in [0.25, 0.3) is 17.8 Å². The van der Waals surface area contributed by atoms with Gasteiger partial charge in [0.1, 0.15) is 11.6 Å². The van der Waals surface area contributed by atoms with E-state index in [0.717, 1.165) is 65.0 Å². The van der Waals surface area contributed by atoms with Gasteiger partial charge in [0, 0.05) is 18.7 Å². The second kappa shape index (κ2) is 9.66. The van der Waals surface area contributed by atoms with Crippen molar-refractivity contribution in [2.45, 2.75) is 32.2 Å². The van der Waals surface area contributed by atoms with Crippen LogP contribution in [0.15, 0.2) is 48.9 Å². The number of aromatic nitrogens is 5. The summed E-state index contributed by atoms with van der Waals surface area (Å²) in [7, 11) is 4.98. The maximum atomic E-state index is 5.63. The summed E-state index contributed by atoms with van der Waals surface area (Å²) in [4.78, 5) is 9.19. The van der Waals surface area contributed by atoms with E-state index in [-0.39, 0.29) is 5.92 Å². The molecule has 0 aliphatic carbocycles. The van der Waals surface area contributed by atoms with Crippen molar-refractivity contribution in [3.8, 4) is 22.9 Å². The Hall–Kier alpha value is -4.07. The number of aryl methyl sites for hydroxylation is 2. The fourth-order valence-electron chi connectivity index (χ4n) is 4.56. The Balaban J connectivity index is 1.40. The van der Waals surface area contributed by atoms with Crippen molar-refractivity contribution in [2.75, 3.05) is 21.3 Å². The molecule has 0 bridgehead atoms. The number of fused-ring (bicyclic) bond motifs is 1. The molecule has 8 nitrogen and oxygen atoms in total. The van der Waals surface area contributed by atoms with Crippen molar-refractivity contribution in [1.29, 1.82) is 0 Å². The Morgan fingerprint density at radius 1 is 0.943 bits per heavy atom. The average molecular weight is 472 g/mol. The summed E-state index contributed by atoms with van der Waals surface area (Å²) in [6, 6.07) is 12.2. The second-order valence-electron chi connectivity index (χ2n) is 8.55. The predicted octanol–water partition coefficient (Wildman–Crippen LogP) is 4.89. The molecule has 0 spiro atoms. The molecule has 1 aliphatic rings. The molecule has 4 aromatic rings. The third-order valence-corrected chi connectivity index (χ3v) is 6.32. The van der Waals surface area contributed by atoms with Crippen LogP contribution in [0.4, 0.5) is 0 Å². The standard InChI is InChI=1S/C27H29N5O3/c1-18-16-31(17-28-18)22-10-7-19(14-24(22)34-3)8-12-26-29-27-21(6-5-13-32(27)30-26)20-9-11-23(33-2)25(15-20)35-4/h7-12,14-17,21H,5-6,13H2,1-4H3/t21-/m1/s1. The highest BCUT2D eigenvalue weighted by atomic mass is 16.5. The van der Waals surface area contributed by atoms with Crippen LogP contribution in [-0.4, -0.2) is 45.6 Å². The minimum atomic E-state index is 0.163. The molecule has 0 N–H and O–H groups in total. The van der Waals surface area contributed by atoms with Crippen LogP contribution in [0.2, 0.25) is 0 Å². The number of ether oxygens (including phenoxy) is 3. The molecule has 35 heavy (non-hydrogen) atoms. The number of hydrogen-bond acceptors (Lipinski definition) is 6. The van der Waals surface area contributed by atoms with Crippen molar-refractivity contribution in [1.82, 2.24) is 24.3 Å². The van der Waals surface area contributed by atoms with Gasteiger partial charge in [-0.05, 0) is 61.2 Å². The first-order valence-electron chi connectivity index (χ1n) is 11.6. The zero-order chi connectivity index (χ0) is 24.4. The quantitative estimate of drug-likeness (QED) is 0.382. The lowest BCUT2D eigenvalue weighted by molar-refractivity contribution is 0.353. The van der Waals surface area contributed by atoms with Crippen LogP contribution in [0.3, 0.4) is 0 Å². The number of methoxy groups -OCH3 is 3. The molecule has 0 saturated carbocycles. The molecule has 2 aromatic carbocycles. The molecule has 2 aromatic heterocycles.